The lowest BCUT2D eigenvalue weighted by atomic mass is 9.99. The van der Waals surface area contributed by atoms with E-state index in [2.05, 4.69) is 4.98 Å². The summed E-state index contributed by atoms with van der Waals surface area (Å²) in [6.07, 6.45) is 1.14. The van der Waals surface area contributed by atoms with E-state index in [0.29, 0.717) is 24.2 Å². The number of ether oxygens (including phenoxy) is 1. The highest BCUT2D eigenvalue weighted by atomic mass is 19.1. The highest BCUT2D eigenvalue weighted by Crippen LogP contribution is 2.30. The second-order valence-electron chi connectivity index (χ2n) is 8.11. The van der Waals surface area contributed by atoms with Gasteiger partial charge in [-0.15, -0.1) is 0 Å². The first-order chi connectivity index (χ1) is 14.7. The number of aliphatic hydroxyl groups is 1. The maximum absolute atomic E-state index is 13.7. The quantitative estimate of drug-likeness (QED) is 0.790. The Kier molecular flexibility index (Phi) is 6.90. The van der Waals surface area contributed by atoms with Crippen LogP contribution in [-0.4, -0.2) is 70.6 Å². The molecule has 0 aliphatic carbocycles. The number of carbonyl (C=O) groups excluding carboxylic acids is 2. The lowest BCUT2D eigenvalue weighted by molar-refractivity contribution is -0.129. The molecule has 0 fully saturated rings. The molecule has 8 heteroatoms. The van der Waals surface area contributed by atoms with Crippen LogP contribution < -0.4 is 4.74 Å². The highest BCUT2D eigenvalue weighted by molar-refractivity contribution is 5.98. The summed E-state index contributed by atoms with van der Waals surface area (Å²) in [5.41, 5.74) is 1.41. The van der Waals surface area contributed by atoms with Crippen molar-refractivity contribution in [3.8, 4) is 17.0 Å². The minimum atomic E-state index is -0.412. The van der Waals surface area contributed by atoms with E-state index in [9.17, 15) is 19.1 Å². The van der Waals surface area contributed by atoms with Crippen molar-refractivity contribution in [2.24, 2.45) is 5.92 Å². The SMILES string of the molecule is CC(=O)N(C)C[C@H]1Oc2ncc(-c3cccc(F)c3)cc2C(=O)N([C@H](C)CO)C[C@@H]1C. The first-order valence-electron chi connectivity index (χ1n) is 10.3. The molecule has 1 aromatic heterocycles. The van der Waals surface area contributed by atoms with Gasteiger partial charge in [-0.3, -0.25) is 9.59 Å². The van der Waals surface area contributed by atoms with Gasteiger partial charge in [0.05, 0.1) is 19.2 Å². The molecule has 0 saturated heterocycles. The minimum absolute atomic E-state index is 0.0934. The van der Waals surface area contributed by atoms with Crippen LogP contribution in [-0.2, 0) is 4.79 Å². The first-order valence-corrected chi connectivity index (χ1v) is 10.3. The number of hydrogen-bond acceptors (Lipinski definition) is 5. The van der Waals surface area contributed by atoms with Gasteiger partial charge in [0.2, 0.25) is 11.8 Å². The van der Waals surface area contributed by atoms with Crippen LogP contribution in [0.25, 0.3) is 11.1 Å². The predicted octanol–water partition coefficient (Wildman–Crippen LogP) is 2.59. The van der Waals surface area contributed by atoms with Crippen molar-refractivity contribution >= 4 is 11.8 Å². The van der Waals surface area contributed by atoms with Gasteiger partial charge in [0.1, 0.15) is 17.5 Å². The maximum atomic E-state index is 13.7. The molecule has 0 unspecified atom stereocenters. The zero-order chi connectivity index (χ0) is 22.7. The van der Waals surface area contributed by atoms with Crippen molar-refractivity contribution in [3.63, 3.8) is 0 Å². The number of carbonyl (C=O) groups is 2. The van der Waals surface area contributed by atoms with E-state index in [1.165, 1.54) is 19.1 Å². The zero-order valence-electron chi connectivity index (χ0n) is 18.2. The number of hydrogen-bond donors (Lipinski definition) is 1. The van der Waals surface area contributed by atoms with Crippen molar-refractivity contribution in [1.29, 1.82) is 0 Å². The van der Waals surface area contributed by atoms with Gasteiger partial charge in [0, 0.05) is 38.2 Å². The Morgan fingerprint density at radius 2 is 2.13 bits per heavy atom. The molecule has 2 heterocycles. The molecule has 1 aliphatic heterocycles. The molecule has 2 amide bonds. The number of nitrogens with zero attached hydrogens (tertiary/aromatic N) is 3. The number of aliphatic hydroxyl groups excluding tert-OH is 1. The van der Waals surface area contributed by atoms with Crippen LogP contribution in [0.5, 0.6) is 5.88 Å². The van der Waals surface area contributed by atoms with Crippen LogP contribution in [0.15, 0.2) is 36.5 Å². The van der Waals surface area contributed by atoms with E-state index in [-0.39, 0.29) is 41.6 Å². The number of rotatable bonds is 5. The Labute approximate surface area is 181 Å². The molecule has 7 nitrogen and oxygen atoms in total. The number of fused-ring (bicyclic) bond motifs is 1. The summed E-state index contributed by atoms with van der Waals surface area (Å²) >= 11 is 0. The van der Waals surface area contributed by atoms with Crippen LogP contribution in [0, 0.1) is 11.7 Å². The molecular weight excluding hydrogens is 401 g/mol. The number of halogens is 1. The molecule has 1 N–H and O–H groups in total. The fraction of sp³-hybridized carbons (Fsp3) is 0.435. The van der Waals surface area contributed by atoms with Gasteiger partial charge in [-0.2, -0.15) is 0 Å². The zero-order valence-corrected chi connectivity index (χ0v) is 18.2. The number of amides is 2. The van der Waals surface area contributed by atoms with Gasteiger partial charge in [0.25, 0.3) is 5.91 Å². The van der Waals surface area contributed by atoms with Crippen LogP contribution in [0.4, 0.5) is 4.39 Å². The topological polar surface area (TPSA) is 83.0 Å². The predicted molar refractivity (Wildman–Crippen MR) is 114 cm³/mol. The van der Waals surface area contributed by atoms with Gasteiger partial charge in [0.15, 0.2) is 0 Å². The molecule has 31 heavy (non-hydrogen) atoms. The standard InChI is InChI=1S/C23H28FN3O4/c1-14-11-27(15(2)13-28)23(30)20-9-18(17-6-5-7-19(24)8-17)10-25-22(20)31-21(14)12-26(4)16(3)29/h5-10,14-15,21,28H,11-13H2,1-4H3/t14-,15+,21+/m0/s1. The van der Waals surface area contributed by atoms with Gasteiger partial charge in [-0.1, -0.05) is 19.1 Å². The minimum Gasteiger partial charge on any atom is -0.472 e. The normalized spacial score (nSPS) is 19.7. The van der Waals surface area contributed by atoms with E-state index < -0.39 is 12.1 Å². The Morgan fingerprint density at radius 1 is 1.39 bits per heavy atom. The van der Waals surface area contributed by atoms with Crippen LogP contribution in [0.2, 0.25) is 0 Å². The van der Waals surface area contributed by atoms with Gasteiger partial charge in [-0.25, -0.2) is 9.37 Å². The Bertz CT molecular complexity index is 968. The van der Waals surface area contributed by atoms with Crippen molar-refractivity contribution in [2.45, 2.75) is 32.9 Å². The number of aromatic nitrogens is 1. The number of benzene rings is 1. The molecule has 3 rings (SSSR count). The average molecular weight is 429 g/mol. The molecule has 0 saturated carbocycles. The van der Waals surface area contributed by atoms with E-state index in [4.69, 9.17) is 4.74 Å². The van der Waals surface area contributed by atoms with Crippen molar-refractivity contribution in [2.75, 3.05) is 26.7 Å². The maximum Gasteiger partial charge on any atom is 0.259 e. The monoisotopic (exact) mass is 429 g/mol. The molecule has 0 spiro atoms. The van der Waals surface area contributed by atoms with Crippen molar-refractivity contribution in [1.82, 2.24) is 14.8 Å². The fourth-order valence-corrected chi connectivity index (χ4v) is 3.54. The van der Waals surface area contributed by atoms with E-state index in [1.807, 2.05) is 6.92 Å². The van der Waals surface area contributed by atoms with Crippen LogP contribution in [0.1, 0.15) is 31.1 Å². The molecule has 1 aliphatic rings. The second kappa shape index (κ2) is 9.43. The van der Waals surface area contributed by atoms with Gasteiger partial charge in [-0.05, 0) is 30.7 Å². The summed E-state index contributed by atoms with van der Waals surface area (Å²) < 4.78 is 19.8. The van der Waals surface area contributed by atoms with E-state index >= 15 is 0 Å². The molecular formula is C23H28FN3O4. The summed E-state index contributed by atoms with van der Waals surface area (Å²) in [6, 6.07) is 7.28. The van der Waals surface area contributed by atoms with Gasteiger partial charge >= 0.3 is 0 Å². The largest absolute Gasteiger partial charge is 0.472 e. The highest BCUT2D eigenvalue weighted by Gasteiger charge is 2.34. The number of likely N-dealkylation sites (N-methyl/N-ethyl adjacent to an activating group) is 1. The molecule has 166 valence electrons. The van der Waals surface area contributed by atoms with Crippen molar-refractivity contribution in [3.05, 3.63) is 47.9 Å². The smallest absolute Gasteiger partial charge is 0.259 e. The van der Waals surface area contributed by atoms with Crippen LogP contribution in [0.3, 0.4) is 0 Å². The lowest BCUT2D eigenvalue weighted by Crippen LogP contribution is -2.50. The summed E-state index contributed by atoms with van der Waals surface area (Å²) in [5.74, 6) is -0.744. The average Bonchev–Trinajstić information content (AvgIpc) is 2.75. The second-order valence-corrected chi connectivity index (χ2v) is 8.11. The Balaban J connectivity index is 2.06. The lowest BCUT2D eigenvalue weighted by Gasteiger charge is -2.37. The number of pyridine rings is 1. The van der Waals surface area contributed by atoms with Gasteiger partial charge < -0.3 is 19.6 Å². The third kappa shape index (κ3) is 5.02. The molecule has 1 aromatic carbocycles. The summed E-state index contributed by atoms with van der Waals surface area (Å²) in [7, 11) is 1.69. The molecule has 2 aromatic rings. The summed E-state index contributed by atoms with van der Waals surface area (Å²) in [4.78, 5) is 32.7. The molecule has 0 bridgehead atoms. The Hall–Kier alpha value is -3.00. The fourth-order valence-electron chi connectivity index (χ4n) is 3.54. The molecule has 0 radical (unpaired) electrons. The van der Waals surface area contributed by atoms with Crippen molar-refractivity contribution < 1.29 is 23.8 Å². The third-order valence-corrected chi connectivity index (χ3v) is 5.67. The Morgan fingerprint density at radius 3 is 2.77 bits per heavy atom. The first kappa shape index (κ1) is 22.7. The molecule has 3 atom stereocenters. The summed E-state index contributed by atoms with van der Waals surface area (Å²) in [6.45, 7) is 5.68. The van der Waals surface area contributed by atoms with Crippen LogP contribution >= 0.6 is 0 Å². The van der Waals surface area contributed by atoms with E-state index in [0.717, 1.165) is 0 Å². The van der Waals surface area contributed by atoms with E-state index in [1.54, 1.807) is 48.2 Å². The third-order valence-electron chi connectivity index (χ3n) is 5.67. The summed E-state index contributed by atoms with van der Waals surface area (Å²) in [5, 5.41) is 9.71.